The second-order valence-corrected chi connectivity index (χ2v) is 9.37. The largest absolute Gasteiger partial charge is 0.563 e. The van der Waals surface area contributed by atoms with Crippen molar-refractivity contribution in [2.24, 2.45) is 0 Å². The molecule has 0 amide bonds. The molecule has 0 spiro atoms. The monoisotopic (exact) mass is 439 g/mol. The van der Waals surface area contributed by atoms with Crippen molar-refractivity contribution in [3.63, 3.8) is 0 Å². The first kappa shape index (κ1) is 21.8. The Labute approximate surface area is 196 Å². The molecule has 0 bridgehead atoms. The summed E-state index contributed by atoms with van der Waals surface area (Å²) in [5.41, 5.74) is 4.29. The van der Waals surface area contributed by atoms with Crippen molar-refractivity contribution in [1.29, 1.82) is 0 Å². The molecule has 0 aromatic heterocycles. The lowest BCUT2D eigenvalue weighted by molar-refractivity contribution is 0.106. The molecule has 2 aliphatic heterocycles. The first-order valence-electron chi connectivity index (χ1n) is 11.6. The number of benzene rings is 3. The van der Waals surface area contributed by atoms with Crippen molar-refractivity contribution in [3.05, 3.63) is 108 Å². The van der Waals surface area contributed by atoms with E-state index in [1.165, 1.54) is 11.1 Å². The van der Waals surface area contributed by atoms with Crippen molar-refractivity contribution >= 4 is 12.6 Å². The molecule has 1 saturated heterocycles. The summed E-state index contributed by atoms with van der Waals surface area (Å²) in [7, 11) is -0.457. The number of ether oxygens (including phenoxy) is 1. The highest BCUT2D eigenvalue weighted by Gasteiger charge is 2.44. The highest BCUT2D eigenvalue weighted by molar-refractivity contribution is 6.63. The van der Waals surface area contributed by atoms with E-state index in [9.17, 15) is 0 Å². The predicted molar refractivity (Wildman–Crippen MR) is 132 cm³/mol. The highest BCUT2D eigenvalue weighted by Crippen LogP contribution is 2.32. The van der Waals surface area contributed by atoms with Gasteiger partial charge in [0.2, 0.25) is 0 Å². The molecule has 33 heavy (non-hydrogen) atoms. The van der Waals surface area contributed by atoms with Gasteiger partial charge in [0.1, 0.15) is 18.0 Å². The minimum atomic E-state index is -0.505. The van der Waals surface area contributed by atoms with Crippen molar-refractivity contribution in [3.8, 4) is 5.75 Å². The third kappa shape index (κ3) is 4.70. The molecule has 4 nitrogen and oxygen atoms in total. The van der Waals surface area contributed by atoms with Gasteiger partial charge < -0.3 is 14.0 Å². The fourth-order valence-corrected chi connectivity index (χ4v) is 4.58. The van der Waals surface area contributed by atoms with Gasteiger partial charge in [-0.25, -0.2) is 0 Å². The first-order valence-corrected chi connectivity index (χ1v) is 11.6. The number of nitrogens with zero attached hydrogens (tertiary/aromatic N) is 1. The van der Waals surface area contributed by atoms with E-state index in [4.69, 9.17) is 14.0 Å². The van der Waals surface area contributed by atoms with Gasteiger partial charge >= 0.3 is 7.12 Å². The third-order valence-corrected chi connectivity index (χ3v) is 6.59. The summed E-state index contributed by atoms with van der Waals surface area (Å²) in [5.74, 6) is 1.58. The van der Waals surface area contributed by atoms with Crippen LogP contribution in [0.2, 0.25) is 0 Å². The van der Waals surface area contributed by atoms with Crippen LogP contribution in [0, 0.1) is 0 Å². The van der Waals surface area contributed by atoms with Crippen molar-refractivity contribution < 1.29 is 14.0 Å². The number of hydrogen-bond donors (Lipinski definition) is 0. The maximum absolute atomic E-state index is 6.30. The third-order valence-electron chi connectivity index (χ3n) is 6.59. The second-order valence-electron chi connectivity index (χ2n) is 9.37. The Morgan fingerprint density at radius 1 is 0.909 bits per heavy atom. The van der Waals surface area contributed by atoms with Crippen LogP contribution < -0.4 is 10.2 Å². The van der Waals surface area contributed by atoms with Gasteiger partial charge in [-0.15, -0.1) is 0 Å². The van der Waals surface area contributed by atoms with Crippen LogP contribution in [0.4, 0.5) is 0 Å². The average molecular weight is 439 g/mol. The quantitative estimate of drug-likeness (QED) is 0.520. The van der Waals surface area contributed by atoms with Crippen LogP contribution in [-0.4, -0.2) is 30.3 Å². The molecule has 168 valence electrons. The molecule has 0 unspecified atom stereocenters. The second kappa shape index (κ2) is 9.09. The van der Waals surface area contributed by atoms with Crippen LogP contribution in [0.1, 0.15) is 30.5 Å². The maximum Gasteiger partial charge on any atom is 0.563 e. The molecule has 0 radical (unpaired) electrons. The van der Waals surface area contributed by atoms with Gasteiger partial charge in [0, 0.05) is 24.6 Å². The van der Waals surface area contributed by atoms with Crippen LogP contribution in [-0.2, 0) is 28.8 Å². The molecule has 2 aliphatic rings. The lowest BCUT2D eigenvalue weighted by Crippen LogP contribution is -2.46. The zero-order valence-corrected chi connectivity index (χ0v) is 19.4. The summed E-state index contributed by atoms with van der Waals surface area (Å²) in [4.78, 5) is 2.52. The van der Waals surface area contributed by atoms with E-state index in [1.807, 2.05) is 26.0 Å². The van der Waals surface area contributed by atoms with Gasteiger partial charge in [-0.1, -0.05) is 79.4 Å². The van der Waals surface area contributed by atoms with E-state index in [1.54, 1.807) is 0 Å². The Balaban J connectivity index is 1.43. The summed E-state index contributed by atoms with van der Waals surface area (Å²) in [6.45, 7) is 10.4. The topological polar surface area (TPSA) is 30.9 Å². The van der Waals surface area contributed by atoms with Crippen molar-refractivity contribution in [2.75, 3.05) is 6.61 Å². The number of rotatable bonds is 6. The van der Waals surface area contributed by atoms with E-state index in [0.29, 0.717) is 12.4 Å². The normalized spacial score (nSPS) is 19.2. The molecule has 0 saturated carbocycles. The van der Waals surface area contributed by atoms with E-state index in [2.05, 4.69) is 78.2 Å². The number of fused-ring (bicyclic) bond motifs is 1. The van der Waals surface area contributed by atoms with Crippen molar-refractivity contribution in [2.45, 2.75) is 45.0 Å². The fraction of sp³-hybridized carbons (Fsp3) is 0.286. The Bertz CT molecular complexity index is 1080. The Kier molecular flexibility index (Phi) is 6.00. The molecule has 0 N–H and O–H groups in total. The molecule has 0 aliphatic carbocycles. The molecule has 1 fully saturated rings. The van der Waals surface area contributed by atoms with E-state index < -0.39 is 12.7 Å². The molecule has 3 aromatic rings. The molecular weight excluding hydrogens is 409 g/mol. The van der Waals surface area contributed by atoms with E-state index in [0.717, 1.165) is 36.3 Å². The maximum atomic E-state index is 6.30. The first-order chi connectivity index (χ1) is 16.0. The molecule has 5 heteroatoms. The smallest absolute Gasteiger partial charge is 0.534 e. The molecular formula is C28H30BNO3. The summed E-state index contributed by atoms with van der Waals surface area (Å²) < 4.78 is 18.5. The summed E-state index contributed by atoms with van der Waals surface area (Å²) in [6.07, 6.45) is 0.876. The summed E-state index contributed by atoms with van der Waals surface area (Å²) in [6, 6.07) is 27.7. The standard InChI is InChI=1S/C28H30BNO3/c1-21-28(2,3)33-29(32-21)26-15-10-16-27-25(26)17-24(20-31-27)30(18-22-11-6-4-7-12-22)19-23-13-8-5-9-14-23/h4-16,24H,1,17-20H2,2-3H3/t24-/m0/s1. The Morgan fingerprint density at radius 2 is 1.55 bits per heavy atom. The van der Waals surface area contributed by atoms with Crippen molar-refractivity contribution in [1.82, 2.24) is 4.90 Å². The molecule has 3 aromatic carbocycles. The van der Waals surface area contributed by atoms with Crippen LogP contribution in [0.5, 0.6) is 5.75 Å². The van der Waals surface area contributed by atoms with Crippen LogP contribution in [0.25, 0.3) is 0 Å². The minimum Gasteiger partial charge on any atom is -0.534 e. The lowest BCUT2D eigenvalue weighted by Gasteiger charge is -2.36. The fourth-order valence-electron chi connectivity index (χ4n) is 4.58. The molecule has 1 atom stereocenters. The zero-order valence-electron chi connectivity index (χ0n) is 19.4. The van der Waals surface area contributed by atoms with E-state index in [-0.39, 0.29) is 6.04 Å². The van der Waals surface area contributed by atoms with Gasteiger partial charge in [0.25, 0.3) is 0 Å². The average Bonchev–Trinajstić information content (AvgIpc) is 3.11. The minimum absolute atomic E-state index is 0.233. The van der Waals surface area contributed by atoms with Gasteiger partial charge in [0.15, 0.2) is 0 Å². The molecule has 5 rings (SSSR count). The van der Waals surface area contributed by atoms with E-state index >= 15 is 0 Å². The van der Waals surface area contributed by atoms with Gasteiger partial charge in [-0.05, 0) is 43.0 Å². The highest BCUT2D eigenvalue weighted by atomic mass is 16.7. The van der Waals surface area contributed by atoms with Crippen LogP contribution in [0.3, 0.4) is 0 Å². The number of hydrogen-bond acceptors (Lipinski definition) is 4. The Morgan fingerprint density at radius 3 is 2.12 bits per heavy atom. The van der Waals surface area contributed by atoms with Crippen LogP contribution in [0.15, 0.2) is 91.2 Å². The Hall–Kier alpha value is -3.02. The van der Waals surface area contributed by atoms with Gasteiger partial charge in [0.05, 0.1) is 5.76 Å². The lowest BCUT2D eigenvalue weighted by atomic mass is 9.74. The summed E-state index contributed by atoms with van der Waals surface area (Å²) in [5, 5.41) is 0. The zero-order chi connectivity index (χ0) is 22.8. The molecule has 2 heterocycles. The van der Waals surface area contributed by atoms with Gasteiger partial charge in [-0.3, -0.25) is 4.90 Å². The predicted octanol–water partition coefficient (Wildman–Crippen LogP) is 4.73. The van der Waals surface area contributed by atoms with Crippen LogP contribution >= 0.6 is 0 Å². The SMILES string of the molecule is C=C1OB(c2cccc3c2C[C@H](N(Cc2ccccc2)Cc2ccccc2)CO3)OC1(C)C. The summed E-state index contributed by atoms with van der Waals surface area (Å²) >= 11 is 0. The van der Waals surface area contributed by atoms with Gasteiger partial charge in [-0.2, -0.15) is 0 Å².